The predicted octanol–water partition coefficient (Wildman–Crippen LogP) is 4.06. The number of rotatable bonds is 10. The van der Waals surface area contributed by atoms with Gasteiger partial charge in [-0.05, 0) is 49.2 Å². The highest BCUT2D eigenvalue weighted by Crippen LogP contribution is 2.20. The highest BCUT2D eigenvalue weighted by Gasteiger charge is 2.23. The molecule has 0 saturated carbocycles. The standard InChI is InChI=1S/C28H37Cl2N5O2/c29-24-7-5-6-23(20-24)21-33-14-12-32(13-15-33)11-4-3-10-28(37)35-18-16-34(17-19-35)22-27(36)31-26-9-2-1-8-25(26)30/h1-2,5-9,20H,3-4,10-19,21-22H2,(H,31,36). The molecular weight excluding hydrogens is 509 g/mol. The van der Waals surface area contributed by atoms with Crippen LogP contribution in [0.15, 0.2) is 48.5 Å². The molecule has 4 rings (SSSR count). The first-order chi connectivity index (χ1) is 18.0. The third-order valence-electron chi connectivity index (χ3n) is 7.12. The van der Waals surface area contributed by atoms with E-state index in [4.69, 9.17) is 23.2 Å². The van der Waals surface area contributed by atoms with Crippen molar-refractivity contribution in [3.05, 3.63) is 64.1 Å². The lowest BCUT2D eigenvalue weighted by molar-refractivity contribution is -0.133. The van der Waals surface area contributed by atoms with E-state index < -0.39 is 0 Å². The van der Waals surface area contributed by atoms with Crippen LogP contribution in [0.3, 0.4) is 0 Å². The Kier molecular flexibility index (Phi) is 10.6. The smallest absolute Gasteiger partial charge is 0.238 e. The summed E-state index contributed by atoms with van der Waals surface area (Å²) in [4.78, 5) is 34.1. The van der Waals surface area contributed by atoms with Crippen LogP contribution < -0.4 is 5.32 Å². The number of benzene rings is 2. The van der Waals surface area contributed by atoms with Gasteiger partial charge in [0.1, 0.15) is 0 Å². The molecule has 2 aromatic rings. The number of amides is 2. The van der Waals surface area contributed by atoms with Crippen LogP contribution in [0.1, 0.15) is 24.8 Å². The number of nitrogens with zero attached hydrogens (tertiary/aromatic N) is 4. The zero-order valence-electron chi connectivity index (χ0n) is 21.4. The minimum Gasteiger partial charge on any atom is -0.340 e. The number of unbranched alkanes of at least 4 members (excludes halogenated alkanes) is 1. The van der Waals surface area contributed by atoms with E-state index in [2.05, 4.69) is 26.1 Å². The Morgan fingerprint density at radius 1 is 0.784 bits per heavy atom. The Morgan fingerprint density at radius 3 is 2.22 bits per heavy atom. The van der Waals surface area contributed by atoms with Crippen molar-refractivity contribution < 1.29 is 9.59 Å². The normalized spacial score (nSPS) is 17.6. The summed E-state index contributed by atoms with van der Waals surface area (Å²) in [5.41, 5.74) is 1.89. The molecule has 2 aromatic carbocycles. The summed E-state index contributed by atoms with van der Waals surface area (Å²) in [6, 6.07) is 15.3. The molecule has 2 heterocycles. The number of nitrogens with one attached hydrogen (secondary N) is 1. The summed E-state index contributed by atoms with van der Waals surface area (Å²) in [5.74, 6) is 0.143. The second-order valence-corrected chi connectivity index (χ2v) is 10.7. The van der Waals surface area contributed by atoms with Gasteiger partial charge in [-0.2, -0.15) is 0 Å². The maximum absolute atomic E-state index is 12.7. The molecule has 2 saturated heterocycles. The molecule has 0 bridgehead atoms. The Balaban J connectivity index is 1.05. The molecular formula is C28H37Cl2N5O2. The maximum atomic E-state index is 12.7. The largest absolute Gasteiger partial charge is 0.340 e. The van der Waals surface area contributed by atoms with Crippen LogP contribution >= 0.6 is 23.2 Å². The van der Waals surface area contributed by atoms with Crippen molar-refractivity contribution in [1.82, 2.24) is 19.6 Å². The van der Waals surface area contributed by atoms with Crippen LogP contribution in [-0.2, 0) is 16.1 Å². The summed E-state index contributed by atoms with van der Waals surface area (Å²) in [6.07, 6.45) is 2.56. The highest BCUT2D eigenvalue weighted by atomic mass is 35.5. The summed E-state index contributed by atoms with van der Waals surface area (Å²) >= 11 is 12.2. The van der Waals surface area contributed by atoms with Gasteiger partial charge >= 0.3 is 0 Å². The highest BCUT2D eigenvalue weighted by molar-refractivity contribution is 6.33. The van der Waals surface area contributed by atoms with Gasteiger partial charge in [0.2, 0.25) is 11.8 Å². The third-order valence-corrected chi connectivity index (χ3v) is 7.68. The number of hydrogen-bond donors (Lipinski definition) is 1. The van der Waals surface area contributed by atoms with E-state index in [9.17, 15) is 9.59 Å². The van der Waals surface area contributed by atoms with Crippen LogP contribution in [0.4, 0.5) is 5.69 Å². The fourth-order valence-electron chi connectivity index (χ4n) is 4.95. The van der Waals surface area contributed by atoms with Crippen LogP contribution in [0.2, 0.25) is 10.0 Å². The molecule has 2 aliphatic heterocycles. The molecule has 0 aliphatic carbocycles. The van der Waals surface area contributed by atoms with Crippen LogP contribution in [0, 0.1) is 0 Å². The van der Waals surface area contributed by atoms with Gasteiger partial charge in [-0.25, -0.2) is 0 Å². The number of carbonyl (C=O) groups is 2. The van der Waals surface area contributed by atoms with E-state index >= 15 is 0 Å². The fourth-order valence-corrected chi connectivity index (χ4v) is 5.34. The first-order valence-corrected chi connectivity index (χ1v) is 14.0. The molecule has 0 unspecified atom stereocenters. The van der Waals surface area contributed by atoms with E-state index in [0.717, 1.165) is 57.1 Å². The summed E-state index contributed by atoms with van der Waals surface area (Å²) in [7, 11) is 0. The van der Waals surface area contributed by atoms with Crippen LogP contribution in [-0.4, -0.2) is 96.9 Å². The first kappa shape index (κ1) is 27.9. The van der Waals surface area contributed by atoms with Gasteiger partial charge in [0.25, 0.3) is 0 Å². The van der Waals surface area contributed by atoms with Gasteiger partial charge in [-0.3, -0.25) is 19.4 Å². The lowest BCUT2D eigenvalue weighted by Crippen LogP contribution is -2.50. The number of carbonyl (C=O) groups excluding carboxylic acids is 2. The fraction of sp³-hybridized carbons (Fsp3) is 0.500. The molecule has 2 fully saturated rings. The van der Waals surface area contributed by atoms with E-state index in [-0.39, 0.29) is 11.8 Å². The number of halogens is 2. The van der Waals surface area contributed by atoms with Crippen molar-refractivity contribution in [2.45, 2.75) is 25.8 Å². The van der Waals surface area contributed by atoms with Gasteiger partial charge in [0.15, 0.2) is 0 Å². The van der Waals surface area contributed by atoms with Gasteiger partial charge < -0.3 is 15.1 Å². The summed E-state index contributed by atoms with van der Waals surface area (Å²) in [6.45, 7) is 9.33. The zero-order valence-corrected chi connectivity index (χ0v) is 22.9. The number of hydrogen-bond acceptors (Lipinski definition) is 5. The molecule has 200 valence electrons. The zero-order chi connectivity index (χ0) is 26.0. The third kappa shape index (κ3) is 8.97. The number of piperazine rings is 2. The predicted molar refractivity (Wildman–Crippen MR) is 150 cm³/mol. The van der Waals surface area contributed by atoms with Gasteiger partial charge in [-0.1, -0.05) is 47.5 Å². The second kappa shape index (κ2) is 14.1. The maximum Gasteiger partial charge on any atom is 0.238 e. The molecule has 0 radical (unpaired) electrons. The Labute approximate surface area is 230 Å². The summed E-state index contributed by atoms with van der Waals surface area (Å²) in [5, 5.41) is 4.19. The van der Waals surface area contributed by atoms with Crippen LogP contribution in [0.25, 0.3) is 0 Å². The molecule has 0 atom stereocenters. The van der Waals surface area contributed by atoms with Crippen molar-refractivity contribution in [1.29, 1.82) is 0 Å². The Bertz CT molecular complexity index is 1040. The van der Waals surface area contributed by atoms with Gasteiger partial charge in [0.05, 0.1) is 17.3 Å². The van der Waals surface area contributed by atoms with Crippen molar-refractivity contribution in [3.8, 4) is 0 Å². The van der Waals surface area contributed by atoms with Gasteiger partial charge in [-0.15, -0.1) is 0 Å². The van der Waals surface area contributed by atoms with E-state index in [1.54, 1.807) is 12.1 Å². The quantitative estimate of drug-likeness (QED) is 0.456. The van der Waals surface area contributed by atoms with Crippen molar-refractivity contribution in [2.24, 2.45) is 0 Å². The lowest BCUT2D eigenvalue weighted by Gasteiger charge is -2.35. The lowest BCUT2D eigenvalue weighted by atomic mass is 10.1. The van der Waals surface area contributed by atoms with Crippen molar-refractivity contribution >= 4 is 40.7 Å². The molecule has 0 aromatic heterocycles. The van der Waals surface area contributed by atoms with Gasteiger partial charge in [0, 0.05) is 70.3 Å². The average Bonchev–Trinajstić information content (AvgIpc) is 2.89. The molecule has 0 spiro atoms. The monoisotopic (exact) mass is 545 g/mol. The number of anilines is 1. The molecule has 37 heavy (non-hydrogen) atoms. The minimum atomic E-state index is -0.0850. The Hall–Kier alpha value is -2.16. The molecule has 2 aliphatic rings. The van der Waals surface area contributed by atoms with E-state index in [0.29, 0.717) is 49.9 Å². The SMILES string of the molecule is O=C(CN1CCN(C(=O)CCCCN2CCN(Cc3cccc(Cl)c3)CC2)CC1)Nc1ccccc1Cl. The van der Waals surface area contributed by atoms with E-state index in [1.807, 2.05) is 35.2 Å². The minimum absolute atomic E-state index is 0.0850. The summed E-state index contributed by atoms with van der Waals surface area (Å²) < 4.78 is 0. The topological polar surface area (TPSA) is 59.1 Å². The molecule has 1 N–H and O–H groups in total. The molecule has 9 heteroatoms. The number of para-hydroxylation sites is 1. The van der Waals surface area contributed by atoms with E-state index in [1.165, 1.54) is 5.56 Å². The molecule has 7 nitrogen and oxygen atoms in total. The van der Waals surface area contributed by atoms with Crippen LogP contribution in [0.5, 0.6) is 0 Å². The Morgan fingerprint density at radius 2 is 1.49 bits per heavy atom. The second-order valence-electron chi connectivity index (χ2n) is 9.89. The van der Waals surface area contributed by atoms with Crippen molar-refractivity contribution in [2.75, 3.05) is 70.8 Å². The average molecular weight is 547 g/mol. The van der Waals surface area contributed by atoms with Crippen molar-refractivity contribution in [3.63, 3.8) is 0 Å². The first-order valence-electron chi connectivity index (χ1n) is 13.2. The molecule has 2 amide bonds.